The monoisotopic (exact) mass is 440 g/mol. The van der Waals surface area contributed by atoms with Crippen LogP contribution in [0.3, 0.4) is 0 Å². The molecule has 1 amide bonds. The molecule has 9 nitrogen and oxygen atoms in total. The number of piperidine rings is 1. The number of likely N-dealkylation sites (tertiary alicyclic amines) is 1. The maximum atomic E-state index is 12.6. The van der Waals surface area contributed by atoms with Crippen LogP contribution in [0.4, 0.5) is 5.82 Å². The van der Waals surface area contributed by atoms with Crippen molar-refractivity contribution in [3.05, 3.63) is 27.0 Å². The van der Waals surface area contributed by atoms with Gasteiger partial charge in [0.15, 0.2) is 5.78 Å². The minimum Gasteiger partial charge on any atom is -0.469 e. The number of methoxy groups -OCH3 is 1. The molecule has 4 N–H and O–H groups in total. The van der Waals surface area contributed by atoms with Crippen molar-refractivity contribution >= 4 is 35.1 Å². The van der Waals surface area contributed by atoms with Crippen LogP contribution in [0.15, 0.2) is 10.9 Å². The molecule has 2 rings (SSSR count). The average Bonchev–Trinajstić information content (AvgIpc) is 2.69. The normalized spacial score (nSPS) is 15.6. The molecule has 0 atom stereocenters. The van der Waals surface area contributed by atoms with Gasteiger partial charge in [0.1, 0.15) is 11.4 Å². The topological polar surface area (TPSA) is 135 Å². The molecule has 1 aromatic rings. The molecule has 0 saturated carbocycles. The molecule has 166 valence electrons. The molecule has 0 unspecified atom stereocenters. The van der Waals surface area contributed by atoms with Gasteiger partial charge in [0.05, 0.1) is 25.1 Å². The van der Waals surface area contributed by atoms with Crippen LogP contribution >= 0.6 is 11.6 Å². The number of ketones is 1. The molecule has 1 aliphatic heterocycles. The molecule has 1 fully saturated rings. The fourth-order valence-corrected chi connectivity index (χ4v) is 3.47. The highest BCUT2D eigenvalue weighted by molar-refractivity contribution is 6.33. The number of Topliss-reactive ketones (excluding diaryl/α,β-unsaturated/α-hetero) is 1. The summed E-state index contributed by atoms with van der Waals surface area (Å²) in [5, 5.41) is 2.89. The van der Waals surface area contributed by atoms with Crippen molar-refractivity contribution in [2.24, 2.45) is 11.3 Å². The highest BCUT2D eigenvalue weighted by Gasteiger charge is 2.32. The van der Waals surface area contributed by atoms with Crippen LogP contribution in [0.5, 0.6) is 0 Å². The van der Waals surface area contributed by atoms with E-state index in [0.29, 0.717) is 6.54 Å². The first-order chi connectivity index (χ1) is 14.0. The molecule has 1 aromatic heterocycles. The summed E-state index contributed by atoms with van der Waals surface area (Å²) in [6.07, 6.45) is 1.67. The number of carbonyl (C=O) groups excluding carboxylic acids is 3. The molecular formula is C20H29ClN4O5. The van der Waals surface area contributed by atoms with Crippen LogP contribution in [0.25, 0.3) is 0 Å². The number of halogens is 1. The smallest absolute Gasteiger partial charge is 0.306 e. The first-order valence-corrected chi connectivity index (χ1v) is 10.2. The summed E-state index contributed by atoms with van der Waals surface area (Å²) < 4.78 is 4.66. The number of nitrogen functional groups attached to an aromatic ring is 1. The van der Waals surface area contributed by atoms with Gasteiger partial charge < -0.3 is 20.8 Å². The van der Waals surface area contributed by atoms with Gasteiger partial charge in [0, 0.05) is 12.0 Å². The number of amides is 1. The Kier molecular flexibility index (Phi) is 8.03. The highest BCUT2D eigenvalue weighted by Crippen LogP contribution is 2.24. The Labute approximate surface area is 180 Å². The summed E-state index contributed by atoms with van der Waals surface area (Å²) in [7, 11) is 1.31. The molecule has 1 aliphatic rings. The summed E-state index contributed by atoms with van der Waals surface area (Å²) in [5.41, 5.74) is 4.08. The number of rotatable bonds is 8. The molecular weight excluding hydrogens is 412 g/mol. The Morgan fingerprint density at radius 3 is 2.57 bits per heavy atom. The van der Waals surface area contributed by atoms with E-state index in [1.165, 1.54) is 13.2 Å². The van der Waals surface area contributed by atoms with Crippen LogP contribution in [-0.4, -0.2) is 60.8 Å². The first kappa shape index (κ1) is 23.9. The fourth-order valence-electron chi connectivity index (χ4n) is 3.32. The first-order valence-electron chi connectivity index (χ1n) is 9.82. The third kappa shape index (κ3) is 6.30. The standard InChI is InChI=1S/C20H29ClN4O5/c1-20(2,9-16(27)30-3)15(26)11-25-6-4-12(5-7-25)10-23-18(28)13-8-14(21)17(22)24-19(13)29/h8,12H,4-7,9-11H2,1-3H3,(H,23,28)(H3,22,24,29). The average molecular weight is 441 g/mol. The second kappa shape index (κ2) is 10.1. The number of esters is 1. The van der Waals surface area contributed by atoms with Crippen molar-refractivity contribution in [1.29, 1.82) is 0 Å². The minimum atomic E-state index is -0.772. The fraction of sp³-hybridized carbons (Fsp3) is 0.600. The van der Waals surface area contributed by atoms with E-state index in [-0.39, 0.29) is 41.1 Å². The van der Waals surface area contributed by atoms with Crippen molar-refractivity contribution in [1.82, 2.24) is 15.2 Å². The number of aromatic nitrogens is 1. The van der Waals surface area contributed by atoms with Gasteiger partial charge in [-0.25, -0.2) is 0 Å². The lowest BCUT2D eigenvalue weighted by molar-refractivity contribution is -0.146. The Hall–Kier alpha value is -2.39. The second-order valence-corrected chi connectivity index (χ2v) is 8.67. The van der Waals surface area contributed by atoms with E-state index in [2.05, 4.69) is 19.9 Å². The van der Waals surface area contributed by atoms with Crippen LogP contribution in [0.1, 0.15) is 43.5 Å². The Morgan fingerprint density at radius 1 is 1.33 bits per heavy atom. The maximum Gasteiger partial charge on any atom is 0.306 e. The maximum absolute atomic E-state index is 12.6. The van der Waals surface area contributed by atoms with Gasteiger partial charge in [-0.1, -0.05) is 25.4 Å². The van der Waals surface area contributed by atoms with Crippen LogP contribution in [-0.2, 0) is 14.3 Å². The number of pyridine rings is 1. The van der Waals surface area contributed by atoms with E-state index in [9.17, 15) is 19.2 Å². The molecule has 0 radical (unpaired) electrons. The van der Waals surface area contributed by atoms with Crippen molar-refractivity contribution in [3.63, 3.8) is 0 Å². The lowest BCUT2D eigenvalue weighted by Crippen LogP contribution is -2.44. The zero-order valence-electron chi connectivity index (χ0n) is 17.5. The van der Waals surface area contributed by atoms with Gasteiger partial charge in [-0.05, 0) is 37.9 Å². The van der Waals surface area contributed by atoms with Crippen LogP contribution in [0.2, 0.25) is 5.02 Å². The van der Waals surface area contributed by atoms with Gasteiger partial charge in [0.25, 0.3) is 11.5 Å². The number of hydrogen-bond donors (Lipinski definition) is 3. The lowest BCUT2D eigenvalue weighted by atomic mass is 9.84. The van der Waals surface area contributed by atoms with E-state index in [1.54, 1.807) is 13.8 Å². The molecule has 10 heteroatoms. The van der Waals surface area contributed by atoms with Gasteiger partial charge in [-0.2, -0.15) is 0 Å². The number of nitrogens with zero attached hydrogens (tertiary/aromatic N) is 1. The Balaban J connectivity index is 1.80. The van der Waals surface area contributed by atoms with Crippen molar-refractivity contribution in [2.75, 3.05) is 39.0 Å². The summed E-state index contributed by atoms with van der Waals surface area (Å²) >= 11 is 5.87. The number of aromatic amines is 1. The number of H-pyrrole nitrogens is 1. The molecule has 2 heterocycles. The summed E-state index contributed by atoms with van der Waals surface area (Å²) in [6, 6.07) is 1.26. The third-order valence-corrected chi connectivity index (χ3v) is 5.77. The van der Waals surface area contributed by atoms with Gasteiger partial charge in [0.2, 0.25) is 0 Å². The van der Waals surface area contributed by atoms with Gasteiger partial charge >= 0.3 is 5.97 Å². The van der Waals surface area contributed by atoms with Crippen molar-refractivity contribution in [3.8, 4) is 0 Å². The molecule has 30 heavy (non-hydrogen) atoms. The molecule has 0 aromatic carbocycles. The summed E-state index contributed by atoms with van der Waals surface area (Å²) in [4.78, 5) is 52.6. The van der Waals surface area contributed by atoms with Crippen molar-refractivity contribution in [2.45, 2.75) is 33.1 Å². The number of carbonyl (C=O) groups is 3. The second-order valence-electron chi connectivity index (χ2n) is 8.26. The predicted octanol–water partition coefficient (Wildman–Crippen LogP) is 1.21. The van der Waals surface area contributed by atoms with Gasteiger partial charge in [-0.15, -0.1) is 0 Å². The van der Waals surface area contributed by atoms with Crippen LogP contribution < -0.4 is 16.6 Å². The number of nitrogens with two attached hydrogens (primary N) is 1. The Bertz CT molecular complexity index is 859. The zero-order valence-corrected chi connectivity index (χ0v) is 18.3. The van der Waals surface area contributed by atoms with E-state index in [1.807, 2.05) is 0 Å². The molecule has 0 aliphatic carbocycles. The third-order valence-electron chi connectivity index (χ3n) is 5.46. The number of nitrogens with one attached hydrogen (secondary N) is 2. The Morgan fingerprint density at radius 2 is 1.97 bits per heavy atom. The van der Waals surface area contributed by atoms with E-state index in [4.69, 9.17) is 17.3 Å². The summed E-state index contributed by atoms with van der Waals surface area (Å²) in [5.74, 6) is -0.634. The largest absolute Gasteiger partial charge is 0.469 e. The lowest BCUT2D eigenvalue weighted by Gasteiger charge is -2.33. The van der Waals surface area contributed by atoms with Crippen LogP contribution in [0, 0.1) is 11.3 Å². The van der Waals surface area contributed by atoms with Gasteiger partial charge in [-0.3, -0.25) is 24.1 Å². The molecule has 0 bridgehead atoms. The quantitative estimate of drug-likeness (QED) is 0.517. The number of ether oxygens (including phenoxy) is 1. The highest BCUT2D eigenvalue weighted by atomic mass is 35.5. The SMILES string of the molecule is COC(=O)CC(C)(C)C(=O)CN1CCC(CNC(=O)c2cc(Cl)c(N)[nH]c2=O)CC1. The van der Waals surface area contributed by atoms with E-state index in [0.717, 1.165) is 25.9 Å². The number of hydrogen-bond acceptors (Lipinski definition) is 7. The minimum absolute atomic E-state index is 0.000827. The zero-order chi connectivity index (χ0) is 22.5. The molecule has 0 spiro atoms. The molecule has 1 saturated heterocycles. The number of anilines is 1. The van der Waals surface area contributed by atoms with E-state index >= 15 is 0 Å². The van der Waals surface area contributed by atoms with Crippen molar-refractivity contribution < 1.29 is 19.1 Å². The predicted molar refractivity (Wildman–Crippen MR) is 113 cm³/mol. The summed E-state index contributed by atoms with van der Waals surface area (Å²) in [6.45, 7) is 5.64. The van der Waals surface area contributed by atoms with E-state index < -0.39 is 22.9 Å².